The first kappa shape index (κ1) is 21.0. The Labute approximate surface area is 160 Å². The fraction of sp³-hybridized carbons (Fsp3) is 0.476. The SMILES string of the molecule is C=CCOC(=O)C1=C[C@@H](c2ccc(OC)cc2)[C@@H](CCCO)[C@@H](OCC)O1. The Kier molecular flexibility index (Phi) is 8.36. The number of ether oxygens (including phenoxy) is 4. The molecular formula is C21H28O6. The second kappa shape index (κ2) is 10.7. The summed E-state index contributed by atoms with van der Waals surface area (Å²) >= 11 is 0. The molecule has 1 aromatic rings. The van der Waals surface area contributed by atoms with E-state index in [1.807, 2.05) is 31.2 Å². The predicted molar refractivity (Wildman–Crippen MR) is 101 cm³/mol. The summed E-state index contributed by atoms with van der Waals surface area (Å²) in [5.41, 5.74) is 1.01. The smallest absolute Gasteiger partial charge is 0.373 e. The molecule has 148 valence electrons. The van der Waals surface area contributed by atoms with Crippen LogP contribution in [0.4, 0.5) is 0 Å². The maximum atomic E-state index is 12.3. The molecule has 3 atom stereocenters. The summed E-state index contributed by atoms with van der Waals surface area (Å²) < 4.78 is 22.0. The zero-order valence-corrected chi connectivity index (χ0v) is 15.9. The van der Waals surface area contributed by atoms with E-state index in [4.69, 9.17) is 18.9 Å². The van der Waals surface area contributed by atoms with Crippen molar-refractivity contribution in [2.24, 2.45) is 5.92 Å². The molecule has 2 rings (SSSR count). The van der Waals surface area contributed by atoms with Gasteiger partial charge in [-0.25, -0.2) is 4.79 Å². The van der Waals surface area contributed by atoms with Crippen LogP contribution in [0.2, 0.25) is 0 Å². The van der Waals surface area contributed by atoms with Crippen molar-refractivity contribution >= 4 is 5.97 Å². The van der Waals surface area contributed by atoms with Gasteiger partial charge in [-0.1, -0.05) is 24.8 Å². The van der Waals surface area contributed by atoms with Gasteiger partial charge in [-0.2, -0.15) is 0 Å². The Bertz CT molecular complexity index is 637. The van der Waals surface area contributed by atoms with E-state index >= 15 is 0 Å². The molecule has 0 aromatic heterocycles. The van der Waals surface area contributed by atoms with Gasteiger partial charge in [0, 0.05) is 25.0 Å². The third-order valence-corrected chi connectivity index (χ3v) is 4.45. The number of allylic oxidation sites excluding steroid dienone is 1. The number of aliphatic hydroxyl groups excluding tert-OH is 1. The molecule has 1 aliphatic heterocycles. The zero-order chi connectivity index (χ0) is 19.6. The highest BCUT2D eigenvalue weighted by Gasteiger charge is 2.38. The second-order valence-corrected chi connectivity index (χ2v) is 6.19. The number of hydrogen-bond acceptors (Lipinski definition) is 6. The minimum atomic E-state index is -0.593. The molecule has 1 aliphatic rings. The lowest BCUT2D eigenvalue weighted by atomic mass is 9.80. The minimum Gasteiger partial charge on any atom is -0.497 e. The van der Waals surface area contributed by atoms with Gasteiger partial charge in [-0.3, -0.25) is 0 Å². The van der Waals surface area contributed by atoms with Crippen LogP contribution in [0.15, 0.2) is 48.8 Å². The van der Waals surface area contributed by atoms with Gasteiger partial charge < -0.3 is 24.1 Å². The van der Waals surface area contributed by atoms with Gasteiger partial charge in [-0.05, 0) is 43.5 Å². The van der Waals surface area contributed by atoms with Crippen LogP contribution in [-0.2, 0) is 19.0 Å². The molecule has 0 unspecified atom stereocenters. The largest absolute Gasteiger partial charge is 0.497 e. The van der Waals surface area contributed by atoms with Gasteiger partial charge >= 0.3 is 5.97 Å². The van der Waals surface area contributed by atoms with Crippen molar-refractivity contribution in [1.29, 1.82) is 0 Å². The van der Waals surface area contributed by atoms with Crippen LogP contribution in [0.25, 0.3) is 0 Å². The van der Waals surface area contributed by atoms with Gasteiger partial charge in [0.25, 0.3) is 0 Å². The van der Waals surface area contributed by atoms with E-state index in [9.17, 15) is 9.90 Å². The van der Waals surface area contributed by atoms with E-state index in [0.717, 1.165) is 11.3 Å². The quantitative estimate of drug-likeness (QED) is 0.499. The topological polar surface area (TPSA) is 74.2 Å². The number of carbonyl (C=O) groups is 1. The molecule has 0 saturated heterocycles. The van der Waals surface area contributed by atoms with Gasteiger partial charge in [-0.15, -0.1) is 0 Å². The second-order valence-electron chi connectivity index (χ2n) is 6.19. The molecule has 0 fully saturated rings. The van der Waals surface area contributed by atoms with Crippen LogP contribution in [0.5, 0.6) is 5.75 Å². The van der Waals surface area contributed by atoms with Crippen LogP contribution in [-0.4, -0.2) is 44.3 Å². The van der Waals surface area contributed by atoms with Gasteiger partial charge in [0.05, 0.1) is 7.11 Å². The zero-order valence-electron chi connectivity index (χ0n) is 15.9. The lowest BCUT2D eigenvalue weighted by molar-refractivity contribution is -0.175. The Hall–Kier alpha value is -2.31. The molecule has 0 spiro atoms. The number of esters is 1. The van der Waals surface area contributed by atoms with Crippen molar-refractivity contribution in [3.05, 3.63) is 54.3 Å². The van der Waals surface area contributed by atoms with Crippen LogP contribution in [0.3, 0.4) is 0 Å². The van der Waals surface area contributed by atoms with E-state index in [1.165, 1.54) is 6.08 Å². The Morgan fingerprint density at radius 1 is 1.33 bits per heavy atom. The molecule has 0 bridgehead atoms. The molecule has 27 heavy (non-hydrogen) atoms. The summed E-state index contributed by atoms with van der Waals surface area (Å²) in [6, 6.07) is 7.69. The molecule has 0 amide bonds. The van der Waals surface area contributed by atoms with E-state index in [2.05, 4.69) is 6.58 Å². The predicted octanol–water partition coefficient (Wildman–Crippen LogP) is 3.17. The summed E-state index contributed by atoms with van der Waals surface area (Å²) in [6.45, 7) is 6.07. The van der Waals surface area contributed by atoms with Crippen molar-refractivity contribution in [3.8, 4) is 5.75 Å². The number of hydrogen-bond donors (Lipinski definition) is 1. The maximum absolute atomic E-state index is 12.3. The number of rotatable bonds is 10. The Morgan fingerprint density at radius 2 is 2.07 bits per heavy atom. The molecule has 1 heterocycles. The number of aliphatic hydroxyl groups is 1. The molecule has 0 saturated carbocycles. The highest BCUT2D eigenvalue weighted by molar-refractivity contribution is 5.86. The van der Waals surface area contributed by atoms with Crippen molar-refractivity contribution in [2.75, 3.05) is 26.9 Å². The van der Waals surface area contributed by atoms with Crippen LogP contribution < -0.4 is 4.74 Å². The molecule has 1 aromatic carbocycles. The van der Waals surface area contributed by atoms with E-state index in [0.29, 0.717) is 19.4 Å². The lowest BCUT2D eigenvalue weighted by Gasteiger charge is -2.36. The third kappa shape index (κ3) is 5.58. The average Bonchev–Trinajstić information content (AvgIpc) is 2.70. The lowest BCUT2D eigenvalue weighted by Crippen LogP contribution is -2.36. The van der Waals surface area contributed by atoms with Gasteiger partial charge in [0.2, 0.25) is 12.0 Å². The van der Waals surface area contributed by atoms with E-state index in [1.54, 1.807) is 13.2 Å². The average molecular weight is 376 g/mol. The van der Waals surface area contributed by atoms with Gasteiger partial charge in [0.15, 0.2) is 0 Å². The fourth-order valence-corrected chi connectivity index (χ4v) is 3.16. The first-order valence-corrected chi connectivity index (χ1v) is 9.17. The third-order valence-electron chi connectivity index (χ3n) is 4.45. The van der Waals surface area contributed by atoms with Crippen molar-refractivity contribution in [2.45, 2.75) is 32.0 Å². The summed E-state index contributed by atoms with van der Waals surface area (Å²) in [4.78, 5) is 12.3. The molecule has 6 heteroatoms. The molecule has 0 aliphatic carbocycles. The standard InChI is InChI=1S/C21H28O6/c1-4-13-26-20(23)19-14-18(15-8-10-16(24-3)11-9-15)17(7-6-12-22)21(27-19)25-5-2/h4,8-11,14,17-18,21-22H,1,5-7,12-13H2,2-3H3/t17-,18+,21+/m1/s1. The van der Waals surface area contributed by atoms with Crippen molar-refractivity contribution in [3.63, 3.8) is 0 Å². The highest BCUT2D eigenvalue weighted by atomic mass is 16.7. The number of benzene rings is 1. The summed E-state index contributed by atoms with van der Waals surface area (Å²) in [7, 11) is 1.62. The fourth-order valence-electron chi connectivity index (χ4n) is 3.16. The van der Waals surface area contributed by atoms with Crippen LogP contribution in [0, 0.1) is 5.92 Å². The van der Waals surface area contributed by atoms with Crippen LogP contribution in [0.1, 0.15) is 31.2 Å². The summed E-state index contributed by atoms with van der Waals surface area (Å²) in [5.74, 6) is 0.198. The first-order chi connectivity index (χ1) is 13.1. The Morgan fingerprint density at radius 3 is 2.67 bits per heavy atom. The molecular weight excluding hydrogens is 348 g/mol. The Balaban J connectivity index is 2.37. The van der Waals surface area contributed by atoms with E-state index in [-0.39, 0.29) is 30.8 Å². The first-order valence-electron chi connectivity index (χ1n) is 9.17. The number of methoxy groups -OCH3 is 1. The maximum Gasteiger partial charge on any atom is 0.373 e. The van der Waals surface area contributed by atoms with Gasteiger partial charge in [0.1, 0.15) is 12.4 Å². The van der Waals surface area contributed by atoms with Crippen molar-refractivity contribution in [1.82, 2.24) is 0 Å². The molecule has 0 radical (unpaired) electrons. The number of carbonyl (C=O) groups excluding carboxylic acids is 1. The van der Waals surface area contributed by atoms with Crippen LogP contribution >= 0.6 is 0 Å². The highest BCUT2D eigenvalue weighted by Crippen LogP contribution is 2.40. The summed E-state index contributed by atoms with van der Waals surface area (Å²) in [5, 5.41) is 9.28. The normalized spacial score (nSPS) is 21.7. The monoisotopic (exact) mass is 376 g/mol. The molecule has 6 nitrogen and oxygen atoms in total. The summed E-state index contributed by atoms with van der Waals surface area (Å²) in [6.07, 6.45) is 4.01. The van der Waals surface area contributed by atoms with Crippen molar-refractivity contribution < 1.29 is 28.8 Å². The van der Waals surface area contributed by atoms with E-state index < -0.39 is 12.3 Å². The molecule has 1 N–H and O–H groups in total. The minimum absolute atomic E-state index is 0.0403.